The average Bonchev–Trinajstić information content (AvgIpc) is 2.13. The van der Waals surface area contributed by atoms with Crippen LogP contribution in [-0.4, -0.2) is 11.6 Å². The van der Waals surface area contributed by atoms with Crippen LogP contribution in [0.2, 0.25) is 0 Å². The van der Waals surface area contributed by atoms with E-state index >= 15 is 0 Å². The fourth-order valence-corrected chi connectivity index (χ4v) is 1.77. The SMILES string of the molecule is CC(C)(C)OC(=O)CC(C)(C)c1ccc(N)cc1. The molecule has 1 aromatic rings. The second kappa shape index (κ2) is 5.01. The number of carbonyl (C=O) groups is 1. The Balaban J connectivity index is 2.75. The Hall–Kier alpha value is -1.51. The minimum atomic E-state index is -0.436. The summed E-state index contributed by atoms with van der Waals surface area (Å²) >= 11 is 0. The first kappa shape index (κ1) is 14.6. The molecule has 3 heteroatoms. The molecule has 3 nitrogen and oxygen atoms in total. The van der Waals surface area contributed by atoms with Gasteiger partial charge >= 0.3 is 5.97 Å². The molecular weight excluding hydrogens is 226 g/mol. The summed E-state index contributed by atoms with van der Waals surface area (Å²) in [7, 11) is 0. The Morgan fingerprint density at radius 1 is 1.11 bits per heavy atom. The first-order valence-corrected chi connectivity index (χ1v) is 6.18. The van der Waals surface area contributed by atoms with Crippen molar-refractivity contribution in [2.24, 2.45) is 0 Å². The van der Waals surface area contributed by atoms with E-state index < -0.39 is 5.60 Å². The van der Waals surface area contributed by atoms with Crippen molar-refractivity contribution in [3.05, 3.63) is 29.8 Å². The number of nitrogen functional groups attached to an aromatic ring is 1. The number of carbonyl (C=O) groups excluding carboxylic acids is 1. The molecule has 18 heavy (non-hydrogen) atoms. The van der Waals surface area contributed by atoms with Crippen molar-refractivity contribution in [3.8, 4) is 0 Å². The van der Waals surface area contributed by atoms with Crippen LogP contribution in [0.3, 0.4) is 0 Å². The number of hydrogen-bond acceptors (Lipinski definition) is 3. The molecular formula is C15H23NO2. The number of hydrogen-bond donors (Lipinski definition) is 1. The number of benzene rings is 1. The quantitative estimate of drug-likeness (QED) is 0.660. The molecule has 0 saturated heterocycles. The fraction of sp³-hybridized carbons (Fsp3) is 0.533. The van der Waals surface area contributed by atoms with Crippen molar-refractivity contribution >= 4 is 11.7 Å². The van der Waals surface area contributed by atoms with Crippen LogP contribution in [0.25, 0.3) is 0 Å². The van der Waals surface area contributed by atoms with Crippen molar-refractivity contribution in [1.82, 2.24) is 0 Å². The van der Waals surface area contributed by atoms with E-state index in [1.807, 2.05) is 58.9 Å². The Bertz CT molecular complexity index is 413. The normalized spacial score (nSPS) is 12.3. The second-order valence-electron chi connectivity index (χ2n) is 6.27. The highest BCUT2D eigenvalue weighted by molar-refractivity contribution is 5.71. The van der Waals surface area contributed by atoms with Crippen molar-refractivity contribution in [1.29, 1.82) is 0 Å². The number of rotatable bonds is 3. The molecule has 0 aromatic heterocycles. The summed E-state index contributed by atoms with van der Waals surface area (Å²) in [5.41, 5.74) is 6.79. The molecule has 0 spiro atoms. The lowest BCUT2D eigenvalue weighted by atomic mass is 9.81. The molecule has 0 aliphatic carbocycles. The highest BCUT2D eigenvalue weighted by Gasteiger charge is 2.27. The van der Waals surface area contributed by atoms with Gasteiger partial charge in [0.05, 0.1) is 6.42 Å². The predicted molar refractivity (Wildman–Crippen MR) is 74.3 cm³/mol. The zero-order chi connectivity index (χ0) is 14.0. The van der Waals surface area contributed by atoms with E-state index in [4.69, 9.17) is 10.5 Å². The third-order valence-corrected chi connectivity index (χ3v) is 2.70. The molecule has 0 atom stereocenters. The van der Waals surface area contributed by atoms with Gasteiger partial charge in [0.1, 0.15) is 5.60 Å². The molecule has 0 saturated carbocycles. The second-order valence-corrected chi connectivity index (χ2v) is 6.27. The van der Waals surface area contributed by atoms with Gasteiger partial charge in [0.25, 0.3) is 0 Å². The van der Waals surface area contributed by atoms with Crippen LogP contribution >= 0.6 is 0 Å². The van der Waals surface area contributed by atoms with Gasteiger partial charge in [0.15, 0.2) is 0 Å². The van der Waals surface area contributed by atoms with E-state index in [2.05, 4.69) is 0 Å². The zero-order valence-corrected chi connectivity index (χ0v) is 11.9. The fourth-order valence-electron chi connectivity index (χ4n) is 1.77. The van der Waals surface area contributed by atoms with Crippen LogP contribution in [-0.2, 0) is 14.9 Å². The van der Waals surface area contributed by atoms with Crippen LogP contribution in [0.5, 0.6) is 0 Å². The first-order chi connectivity index (χ1) is 8.10. The Morgan fingerprint density at radius 3 is 2.06 bits per heavy atom. The molecule has 0 amide bonds. The van der Waals surface area contributed by atoms with Gasteiger partial charge in [-0.25, -0.2) is 0 Å². The maximum absolute atomic E-state index is 11.9. The van der Waals surface area contributed by atoms with Gasteiger partial charge in [-0.2, -0.15) is 0 Å². The molecule has 100 valence electrons. The summed E-state index contributed by atoms with van der Waals surface area (Å²) in [5.74, 6) is -0.177. The molecule has 1 rings (SSSR count). The van der Waals surface area contributed by atoms with Gasteiger partial charge in [-0.1, -0.05) is 26.0 Å². The number of esters is 1. The minimum Gasteiger partial charge on any atom is -0.460 e. The molecule has 1 aromatic carbocycles. The number of nitrogens with two attached hydrogens (primary N) is 1. The molecule has 0 radical (unpaired) electrons. The molecule has 0 aliphatic heterocycles. The van der Waals surface area contributed by atoms with Gasteiger partial charge in [-0.3, -0.25) is 4.79 Å². The van der Waals surface area contributed by atoms with Crippen LogP contribution in [0.1, 0.15) is 46.6 Å². The molecule has 0 bridgehead atoms. The van der Waals surface area contributed by atoms with Gasteiger partial charge in [-0.15, -0.1) is 0 Å². The van der Waals surface area contributed by atoms with Gasteiger partial charge in [0, 0.05) is 11.1 Å². The highest BCUT2D eigenvalue weighted by Crippen LogP contribution is 2.28. The maximum atomic E-state index is 11.9. The largest absolute Gasteiger partial charge is 0.460 e. The summed E-state index contributed by atoms with van der Waals surface area (Å²) in [6, 6.07) is 7.62. The average molecular weight is 249 g/mol. The van der Waals surface area contributed by atoms with E-state index in [0.29, 0.717) is 6.42 Å². The Labute approximate surface area is 109 Å². The van der Waals surface area contributed by atoms with E-state index in [-0.39, 0.29) is 11.4 Å². The minimum absolute atomic E-state index is 0.177. The van der Waals surface area contributed by atoms with Crippen molar-refractivity contribution < 1.29 is 9.53 Å². The van der Waals surface area contributed by atoms with Crippen LogP contribution in [0, 0.1) is 0 Å². The third kappa shape index (κ3) is 4.40. The lowest BCUT2D eigenvalue weighted by Crippen LogP contribution is -2.29. The van der Waals surface area contributed by atoms with E-state index in [0.717, 1.165) is 11.3 Å². The molecule has 0 aliphatic rings. The topological polar surface area (TPSA) is 52.3 Å². The lowest BCUT2D eigenvalue weighted by Gasteiger charge is -2.27. The molecule has 0 unspecified atom stereocenters. The van der Waals surface area contributed by atoms with E-state index in [9.17, 15) is 4.79 Å². The number of ether oxygens (including phenoxy) is 1. The molecule has 0 heterocycles. The summed E-state index contributed by atoms with van der Waals surface area (Å²) in [5, 5.41) is 0. The highest BCUT2D eigenvalue weighted by atomic mass is 16.6. The predicted octanol–water partition coefficient (Wildman–Crippen LogP) is 3.28. The maximum Gasteiger partial charge on any atom is 0.307 e. The Kier molecular flexibility index (Phi) is 4.05. The summed E-state index contributed by atoms with van der Waals surface area (Å²) < 4.78 is 5.36. The number of anilines is 1. The van der Waals surface area contributed by atoms with Crippen molar-refractivity contribution in [2.45, 2.75) is 52.1 Å². The van der Waals surface area contributed by atoms with Crippen molar-refractivity contribution in [2.75, 3.05) is 5.73 Å². The van der Waals surface area contributed by atoms with Gasteiger partial charge in [-0.05, 0) is 38.5 Å². The van der Waals surface area contributed by atoms with Gasteiger partial charge in [0.2, 0.25) is 0 Å². The Morgan fingerprint density at radius 2 is 1.61 bits per heavy atom. The monoisotopic (exact) mass is 249 g/mol. The van der Waals surface area contributed by atoms with Crippen LogP contribution in [0.15, 0.2) is 24.3 Å². The standard InChI is InChI=1S/C15H23NO2/c1-14(2,3)18-13(17)10-15(4,5)11-6-8-12(16)9-7-11/h6-9H,10,16H2,1-5H3. The third-order valence-electron chi connectivity index (χ3n) is 2.70. The first-order valence-electron chi connectivity index (χ1n) is 6.18. The lowest BCUT2D eigenvalue weighted by molar-refractivity contribution is -0.156. The van der Waals surface area contributed by atoms with Gasteiger partial charge < -0.3 is 10.5 Å². The van der Waals surface area contributed by atoms with Crippen molar-refractivity contribution in [3.63, 3.8) is 0 Å². The van der Waals surface area contributed by atoms with E-state index in [1.54, 1.807) is 0 Å². The molecule has 0 fully saturated rings. The smallest absolute Gasteiger partial charge is 0.307 e. The zero-order valence-electron chi connectivity index (χ0n) is 11.9. The van der Waals surface area contributed by atoms with Crippen LogP contribution in [0.4, 0.5) is 5.69 Å². The molecule has 2 N–H and O–H groups in total. The van der Waals surface area contributed by atoms with E-state index in [1.165, 1.54) is 0 Å². The summed E-state index contributed by atoms with van der Waals surface area (Å²) in [4.78, 5) is 11.9. The summed E-state index contributed by atoms with van der Waals surface area (Å²) in [6.45, 7) is 9.69. The summed E-state index contributed by atoms with van der Waals surface area (Å²) in [6.07, 6.45) is 0.355. The van der Waals surface area contributed by atoms with Crippen LogP contribution < -0.4 is 5.73 Å².